The van der Waals surface area contributed by atoms with Crippen LogP contribution in [0.3, 0.4) is 0 Å². The molecular formula is C10H13BrN2O3S. The lowest BCUT2D eigenvalue weighted by atomic mass is 10.3. The lowest BCUT2D eigenvalue weighted by Crippen LogP contribution is -2.30. The van der Waals surface area contributed by atoms with Gasteiger partial charge in [-0.3, -0.25) is 0 Å². The number of halogens is 1. The molecular weight excluding hydrogens is 308 g/mol. The van der Waals surface area contributed by atoms with Gasteiger partial charge in [0, 0.05) is 23.2 Å². The predicted molar refractivity (Wildman–Crippen MR) is 67.9 cm³/mol. The number of aliphatic hydroxyl groups is 1. The van der Waals surface area contributed by atoms with E-state index in [2.05, 4.69) is 15.9 Å². The van der Waals surface area contributed by atoms with Gasteiger partial charge in [0.1, 0.15) is 0 Å². The molecule has 0 saturated carbocycles. The van der Waals surface area contributed by atoms with Gasteiger partial charge in [-0.1, -0.05) is 0 Å². The Morgan fingerprint density at radius 1 is 1.47 bits per heavy atom. The van der Waals surface area contributed by atoms with Crippen molar-refractivity contribution in [2.45, 2.75) is 17.4 Å². The fraction of sp³-hybridized carbons (Fsp3) is 0.400. The average Bonchev–Trinajstić information content (AvgIpc) is 2.69. The smallest absolute Gasteiger partial charge is 0.244 e. The van der Waals surface area contributed by atoms with E-state index in [1.165, 1.54) is 10.4 Å². The van der Waals surface area contributed by atoms with Crippen molar-refractivity contribution in [3.63, 3.8) is 0 Å². The average molecular weight is 321 g/mol. The number of benzene rings is 1. The van der Waals surface area contributed by atoms with Gasteiger partial charge in [-0.25, -0.2) is 8.42 Å². The Morgan fingerprint density at radius 2 is 2.18 bits per heavy atom. The molecule has 1 aliphatic heterocycles. The number of β-amino-alcohol motifs (C(OH)–C–C–N with tert-alkyl or cyclic N) is 1. The number of sulfonamides is 1. The number of aliphatic hydroxyl groups excluding tert-OH is 1. The molecule has 0 radical (unpaired) electrons. The van der Waals surface area contributed by atoms with E-state index < -0.39 is 16.1 Å². The molecule has 1 heterocycles. The fourth-order valence-electron chi connectivity index (χ4n) is 1.79. The number of rotatable bonds is 2. The van der Waals surface area contributed by atoms with Crippen LogP contribution in [0.4, 0.5) is 5.69 Å². The van der Waals surface area contributed by atoms with Crippen molar-refractivity contribution in [1.29, 1.82) is 0 Å². The molecule has 94 valence electrons. The second-order valence-corrected chi connectivity index (χ2v) is 6.76. The highest BCUT2D eigenvalue weighted by Crippen LogP contribution is 2.29. The third-order valence-electron chi connectivity index (χ3n) is 2.70. The number of hydrogen-bond donors (Lipinski definition) is 2. The molecule has 5 nitrogen and oxygen atoms in total. The maximum absolute atomic E-state index is 12.3. The Morgan fingerprint density at radius 3 is 2.76 bits per heavy atom. The zero-order chi connectivity index (χ0) is 12.6. The highest BCUT2D eigenvalue weighted by atomic mass is 79.9. The molecule has 1 aromatic rings. The molecule has 1 aliphatic rings. The lowest BCUT2D eigenvalue weighted by Gasteiger charge is -2.17. The van der Waals surface area contributed by atoms with Gasteiger partial charge in [-0.15, -0.1) is 0 Å². The summed E-state index contributed by atoms with van der Waals surface area (Å²) in [5.41, 5.74) is 5.99. The predicted octanol–water partition coefficient (Wildman–Crippen LogP) is 0.787. The number of nitrogen functional groups attached to an aromatic ring is 1. The Bertz CT molecular complexity index is 532. The minimum absolute atomic E-state index is 0.142. The molecule has 17 heavy (non-hydrogen) atoms. The molecule has 0 aromatic heterocycles. The summed E-state index contributed by atoms with van der Waals surface area (Å²) < 4.78 is 26.3. The first kappa shape index (κ1) is 12.8. The van der Waals surface area contributed by atoms with E-state index in [4.69, 9.17) is 5.73 Å². The monoisotopic (exact) mass is 320 g/mol. The highest BCUT2D eigenvalue weighted by Gasteiger charge is 2.32. The van der Waals surface area contributed by atoms with E-state index in [0.717, 1.165) is 0 Å². The van der Waals surface area contributed by atoms with Gasteiger partial charge in [0.2, 0.25) is 10.0 Å². The summed E-state index contributed by atoms with van der Waals surface area (Å²) in [5.74, 6) is 0. The first-order chi connectivity index (χ1) is 7.91. The molecule has 1 aromatic carbocycles. The van der Waals surface area contributed by atoms with Crippen molar-refractivity contribution in [1.82, 2.24) is 4.31 Å². The van der Waals surface area contributed by atoms with Crippen LogP contribution >= 0.6 is 15.9 Å². The second-order valence-electron chi connectivity index (χ2n) is 4.00. The number of hydrogen-bond acceptors (Lipinski definition) is 4. The minimum atomic E-state index is -3.58. The Hall–Kier alpha value is -0.630. The normalized spacial score (nSPS) is 21.9. The van der Waals surface area contributed by atoms with E-state index in [1.54, 1.807) is 12.1 Å². The Balaban J connectivity index is 2.41. The van der Waals surface area contributed by atoms with E-state index in [-0.39, 0.29) is 11.4 Å². The topological polar surface area (TPSA) is 83.6 Å². The molecule has 0 unspecified atom stereocenters. The third-order valence-corrected chi connectivity index (χ3v) is 5.56. The summed E-state index contributed by atoms with van der Waals surface area (Å²) in [6.45, 7) is 0.480. The van der Waals surface area contributed by atoms with Gasteiger partial charge in [0.25, 0.3) is 0 Å². The van der Waals surface area contributed by atoms with Gasteiger partial charge in [-0.2, -0.15) is 4.31 Å². The van der Waals surface area contributed by atoms with Crippen LogP contribution in [0.1, 0.15) is 6.42 Å². The molecule has 1 fully saturated rings. The SMILES string of the molecule is Nc1ccc(Br)c(S(=O)(=O)N2CC[C@H](O)C2)c1. The van der Waals surface area contributed by atoms with Crippen LogP contribution in [-0.4, -0.2) is 37.0 Å². The van der Waals surface area contributed by atoms with Crippen molar-refractivity contribution < 1.29 is 13.5 Å². The maximum atomic E-state index is 12.3. The summed E-state index contributed by atoms with van der Waals surface area (Å²) in [6.07, 6.45) is -0.108. The van der Waals surface area contributed by atoms with Crippen molar-refractivity contribution >= 4 is 31.6 Å². The molecule has 2 rings (SSSR count). The number of nitrogens with two attached hydrogens (primary N) is 1. The second kappa shape index (κ2) is 4.56. The zero-order valence-electron chi connectivity index (χ0n) is 9.01. The quantitative estimate of drug-likeness (QED) is 0.789. The van der Waals surface area contributed by atoms with Crippen LogP contribution in [0.5, 0.6) is 0 Å². The van der Waals surface area contributed by atoms with E-state index in [9.17, 15) is 13.5 Å². The number of nitrogens with zero attached hydrogens (tertiary/aromatic N) is 1. The maximum Gasteiger partial charge on any atom is 0.244 e. The van der Waals surface area contributed by atoms with Crippen LogP contribution in [0, 0.1) is 0 Å². The van der Waals surface area contributed by atoms with Crippen LogP contribution < -0.4 is 5.73 Å². The van der Waals surface area contributed by atoms with Gasteiger partial charge >= 0.3 is 0 Å². The molecule has 0 spiro atoms. The van der Waals surface area contributed by atoms with E-state index in [1.807, 2.05) is 0 Å². The standard InChI is InChI=1S/C10H13BrN2O3S/c11-9-2-1-7(12)5-10(9)17(15,16)13-4-3-8(14)6-13/h1-2,5,8,14H,3-4,6,12H2/t8-/m0/s1. The largest absolute Gasteiger partial charge is 0.399 e. The summed E-state index contributed by atoms with van der Waals surface area (Å²) in [7, 11) is -3.58. The van der Waals surface area contributed by atoms with Gasteiger partial charge in [0.05, 0.1) is 11.0 Å². The molecule has 0 amide bonds. The highest BCUT2D eigenvalue weighted by molar-refractivity contribution is 9.10. The summed E-state index contributed by atoms with van der Waals surface area (Å²) in [5, 5.41) is 9.39. The lowest BCUT2D eigenvalue weighted by molar-refractivity contribution is 0.189. The van der Waals surface area contributed by atoms with Gasteiger partial charge in [0.15, 0.2) is 0 Å². The Labute approximate surface area is 108 Å². The van der Waals surface area contributed by atoms with Crippen LogP contribution in [0.2, 0.25) is 0 Å². The van der Waals surface area contributed by atoms with Crippen molar-refractivity contribution in [3.8, 4) is 0 Å². The van der Waals surface area contributed by atoms with Gasteiger partial charge in [-0.05, 0) is 40.5 Å². The third kappa shape index (κ3) is 2.47. The molecule has 0 bridgehead atoms. The molecule has 1 atom stereocenters. The summed E-state index contributed by atoms with van der Waals surface area (Å²) >= 11 is 3.20. The van der Waals surface area contributed by atoms with Crippen LogP contribution in [-0.2, 0) is 10.0 Å². The fourth-order valence-corrected chi connectivity index (χ4v) is 4.24. The first-order valence-corrected chi connectivity index (χ1v) is 7.38. The molecule has 0 aliphatic carbocycles. The van der Waals surface area contributed by atoms with E-state index >= 15 is 0 Å². The van der Waals surface area contributed by atoms with Crippen molar-refractivity contribution in [3.05, 3.63) is 22.7 Å². The minimum Gasteiger partial charge on any atom is -0.399 e. The number of anilines is 1. The molecule has 3 N–H and O–H groups in total. The van der Waals surface area contributed by atoms with Crippen LogP contribution in [0.25, 0.3) is 0 Å². The zero-order valence-corrected chi connectivity index (χ0v) is 11.4. The van der Waals surface area contributed by atoms with Crippen molar-refractivity contribution in [2.24, 2.45) is 0 Å². The summed E-state index contributed by atoms with van der Waals surface area (Å²) in [4.78, 5) is 0.145. The summed E-state index contributed by atoms with van der Waals surface area (Å²) in [6, 6.07) is 4.65. The molecule has 7 heteroatoms. The Kier molecular flexibility index (Phi) is 3.44. The molecule has 1 saturated heterocycles. The first-order valence-electron chi connectivity index (χ1n) is 5.14. The van der Waals surface area contributed by atoms with Crippen LogP contribution in [0.15, 0.2) is 27.6 Å². The van der Waals surface area contributed by atoms with Gasteiger partial charge < -0.3 is 10.8 Å². The van der Waals surface area contributed by atoms with Crippen molar-refractivity contribution in [2.75, 3.05) is 18.8 Å². The van der Waals surface area contributed by atoms with E-state index in [0.29, 0.717) is 23.1 Å².